The third kappa shape index (κ3) is 5.01. The van der Waals surface area contributed by atoms with Gasteiger partial charge in [0.05, 0.1) is 12.2 Å². The minimum Gasteiger partial charge on any atom is -0.346 e. The van der Waals surface area contributed by atoms with E-state index >= 15 is 0 Å². The topological polar surface area (TPSA) is 98.9 Å². The zero-order chi connectivity index (χ0) is 24.1. The first kappa shape index (κ1) is 22.8. The van der Waals surface area contributed by atoms with Gasteiger partial charge in [0.1, 0.15) is 0 Å². The third-order valence-electron chi connectivity index (χ3n) is 5.44. The van der Waals surface area contributed by atoms with Gasteiger partial charge in [0.15, 0.2) is 0 Å². The number of nitrogens with one attached hydrogen (secondary N) is 1. The second-order valence-corrected chi connectivity index (χ2v) is 8.21. The SMILES string of the molecule is CC(C)c1ccc(-n2nc(C(=O)NCc3cccnc3)c(=O)n(Cc3ccccc3)c2=O)cc1. The number of aromatic nitrogens is 4. The van der Waals surface area contributed by atoms with Crippen molar-refractivity contribution in [3.05, 3.63) is 122 Å². The molecule has 0 radical (unpaired) electrons. The van der Waals surface area contributed by atoms with E-state index in [2.05, 4.69) is 29.2 Å². The molecule has 0 aliphatic heterocycles. The molecule has 1 amide bonds. The Morgan fingerprint density at radius 3 is 2.29 bits per heavy atom. The van der Waals surface area contributed by atoms with Crippen LogP contribution in [0.25, 0.3) is 5.69 Å². The third-order valence-corrected chi connectivity index (χ3v) is 5.44. The van der Waals surface area contributed by atoms with Crippen LogP contribution >= 0.6 is 0 Å². The van der Waals surface area contributed by atoms with E-state index in [0.29, 0.717) is 11.6 Å². The molecule has 0 atom stereocenters. The van der Waals surface area contributed by atoms with Crippen LogP contribution in [0.1, 0.15) is 46.9 Å². The van der Waals surface area contributed by atoms with E-state index in [0.717, 1.165) is 25.9 Å². The summed E-state index contributed by atoms with van der Waals surface area (Å²) in [4.78, 5) is 43.5. The largest absolute Gasteiger partial charge is 0.352 e. The second kappa shape index (κ2) is 10.1. The lowest BCUT2D eigenvalue weighted by Gasteiger charge is -2.13. The number of carbonyl (C=O) groups excluding carboxylic acids is 1. The van der Waals surface area contributed by atoms with Gasteiger partial charge in [-0.3, -0.25) is 19.1 Å². The first-order chi connectivity index (χ1) is 16.4. The van der Waals surface area contributed by atoms with Crippen molar-refractivity contribution in [2.45, 2.75) is 32.9 Å². The number of nitrogens with zero attached hydrogens (tertiary/aromatic N) is 4. The van der Waals surface area contributed by atoms with Gasteiger partial charge >= 0.3 is 5.69 Å². The van der Waals surface area contributed by atoms with Gasteiger partial charge in [-0.05, 0) is 40.8 Å². The highest BCUT2D eigenvalue weighted by atomic mass is 16.2. The van der Waals surface area contributed by atoms with Gasteiger partial charge in [-0.15, -0.1) is 0 Å². The molecule has 8 nitrogen and oxygen atoms in total. The van der Waals surface area contributed by atoms with Crippen LogP contribution in [0, 0.1) is 0 Å². The molecular formula is C26H25N5O3. The molecule has 34 heavy (non-hydrogen) atoms. The van der Waals surface area contributed by atoms with Gasteiger partial charge in [-0.1, -0.05) is 62.4 Å². The Morgan fingerprint density at radius 2 is 1.65 bits per heavy atom. The van der Waals surface area contributed by atoms with Crippen molar-refractivity contribution in [3.63, 3.8) is 0 Å². The summed E-state index contributed by atoms with van der Waals surface area (Å²) < 4.78 is 2.14. The van der Waals surface area contributed by atoms with Gasteiger partial charge in [-0.2, -0.15) is 9.78 Å². The van der Waals surface area contributed by atoms with Crippen LogP contribution in [0.15, 0.2) is 88.7 Å². The predicted octanol–water partition coefficient (Wildman–Crippen LogP) is 2.89. The first-order valence-corrected chi connectivity index (χ1v) is 11.0. The lowest BCUT2D eigenvalue weighted by Crippen LogP contribution is -2.46. The summed E-state index contributed by atoms with van der Waals surface area (Å²) in [6, 6.07) is 20.0. The molecule has 0 saturated carbocycles. The van der Waals surface area contributed by atoms with Crippen LogP contribution in [0.5, 0.6) is 0 Å². The van der Waals surface area contributed by atoms with E-state index in [1.54, 1.807) is 30.6 Å². The first-order valence-electron chi connectivity index (χ1n) is 11.0. The summed E-state index contributed by atoms with van der Waals surface area (Å²) in [7, 11) is 0. The number of hydrogen-bond donors (Lipinski definition) is 1. The van der Waals surface area contributed by atoms with Crippen molar-refractivity contribution in [3.8, 4) is 5.69 Å². The normalized spacial score (nSPS) is 10.9. The summed E-state index contributed by atoms with van der Waals surface area (Å²) in [5, 5.41) is 6.87. The Kier molecular flexibility index (Phi) is 6.77. The number of carbonyl (C=O) groups is 1. The fourth-order valence-corrected chi connectivity index (χ4v) is 3.50. The Bertz CT molecular complexity index is 1390. The number of benzene rings is 2. The molecule has 172 valence electrons. The van der Waals surface area contributed by atoms with Crippen LogP contribution in [0.2, 0.25) is 0 Å². The molecular weight excluding hydrogens is 430 g/mol. The highest BCUT2D eigenvalue weighted by Crippen LogP contribution is 2.15. The predicted molar refractivity (Wildman–Crippen MR) is 129 cm³/mol. The van der Waals surface area contributed by atoms with Crippen LogP contribution in [0.4, 0.5) is 0 Å². The zero-order valence-corrected chi connectivity index (χ0v) is 19.0. The van der Waals surface area contributed by atoms with Gasteiger partial charge in [0, 0.05) is 18.9 Å². The minimum atomic E-state index is -0.743. The van der Waals surface area contributed by atoms with E-state index in [9.17, 15) is 14.4 Å². The fraction of sp³-hybridized carbons (Fsp3) is 0.192. The van der Waals surface area contributed by atoms with Gasteiger partial charge in [0.25, 0.3) is 11.5 Å². The summed E-state index contributed by atoms with van der Waals surface area (Å²) in [5.74, 6) is -0.345. The second-order valence-electron chi connectivity index (χ2n) is 8.21. The molecule has 0 fully saturated rings. The number of hydrogen-bond acceptors (Lipinski definition) is 5. The smallest absolute Gasteiger partial charge is 0.346 e. The van der Waals surface area contributed by atoms with Crippen LogP contribution in [-0.2, 0) is 13.1 Å². The molecule has 4 rings (SSSR count). The minimum absolute atomic E-state index is 0.0218. The standard InChI is InChI=1S/C26H25N5O3/c1-18(2)21-10-12-22(13-11-21)31-26(34)30(17-19-7-4-3-5-8-19)25(33)23(29-31)24(32)28-16-20-9-6-14-27-15-20/h3-15,18H,16-17H2,1-2H3,(H,28,32). The maximum atomic E-state index is 13.3. The van der Waals surface area contributed by atoms with Crippen molar-refractivity contribution in [1.29, 1.82) is 0 Å². The summed E-state index contributed by atoms with van der Waals surface area (Å²) in [6.07, 6.45) is 3.26. The Balaban J connectivity index is 1.77. The molecule has 0 aliphatic rings. The molecule has 4 aromatic rings. The fourth-order valence-electron chi connectivity index (χ4n) is 3.50. The molecule has 0 saturated heterocycles. The van der Waals surface area contributed by atoms with Crippen molar-refractivity contribution in [2.24, 2.45) is 0 Å². The van der Waals surface area contributed by atoms with Crippen molar-refractivity contribution < 1.29 is 4.79 Å². The van der Waals surface area contributed by atoms with Gasteiger partial charge < -0.3 is 5.32 Å². The maximum Gasteiger partial charge on any atom is 0.352 e. The number of rotatable bonds is 7. The van der Waals surface area contributed by atoms with E-state index in [1.807, 2.05) is 48.5 Å². The summed E-state index contributed by atoms with van der Waals surface area (Å²) in [5.41, 5.74) is 1.39. The quantitative estimate of drug-likeness (QED) is 0.462. The van der Waals surface area contributed by atoms with Gasteiger partial charge in [-0.25, -0.2) is 4.79 Å². The molecule has 1 N–H and O–H groups in total. The van der Waals surface area contributed by atoms with E-state index in [-0.39, 0.29) is 18.8 Å². The number of pyridine rings is 1. The van der Waals surface area contributed by atoms with Crippen LogP contribution in [0.3, 0.4) is 0 Å². The lowest BCUT2D eigenvalue weighted by atomic mass is 10.0. The Morgan fingerprint density at radius 1 is 0.941 bits per heavy atom. The van der Waals surface area contributed by atoms with Crippen LogP contribution in [-0.4, -0.2) is 25.2 Å². The lowest BCUT2D eigenvalue weighted by molar-refractivity contribution is 0.0941. The number of amides is 1. The Labute approximate surface area is 196 Å². The van der Waals surface area contributed by atoms with Gasteiger partial charge in [0.2, 0.25) is 5.69 Å². The molecule has 0 aliphatic carbocycles. The Hall–Kier alpha value is -4.33. The monoisotopic (exact) mass is 455 g/mol. The van der Waals surface area contributed by atoms with E-state index in [4.69, 9.17) is 0 Å². The van der Waals surface area contributed by atoms with E-state index < -0.39 is 17.2 Å². The highest BCUT2D eigenvalue weighted by molar-refractivity contribution is 5.91. The van der Waals surface area contributed by atoms with Crippen molar-refractivity contribution in [1.82, 2.24) is 24.6 Å². The maximum absolute atomic E-state index is 13.3. The van der Waals surface area contributed by atoms with E-state index in [1.165, 1.54) is 0 Å². The molecule has 2 aromatic heterocycles. The zero-order valence-electron chi connectivity index (χ0n) is 19.0. The molecule has 0 unspecified atom stereocenters. The summed E-state index contributed by atoms with van der Waals surface area (Å²) >= 11 is 0. The van der Waals surface area contributed by atoms with Crippen LogP contribution < -0.4 is 16.6 Å². The average molecular weight is 456 g/mol. The molecule has 2 aromatic carbocycles. The van der Waals surface area contributed by atoms with Crippen molar-refractivity contribution >= 4 is 5.91 Å². The van der Waals surface area contributed by atoms with Crippen molar-refractivity contribution in [2.75, 3.05) is 0 Å². The summed E-state index contributed by atoms with van der Waals surface area (Å²) in [6.45, 7) is 4.34. The molecule has 0 spiro atoms. The molecule has 2 heterocycles. The molecule has 8 heteroatoms. The average Bonchev–Trinajstić information content (AvgIpc) is 2.86. The molecule has 0 bridgehead atoms. The highest BCUT2D eigenvalue weighted by Gasteiger charge is 2.20.